The Labute approximate surface area is 127 Å². The lowest BCUT2D eigenvalue weighted by atomic mass is 10.2. The number of hydrogen-bond acceptors (Lipinski definition) is 3. The van der Waals surface area contributed by atoms with Crippen molar-refractivity contribution >= 4 is 6.03 Å². The number of rotatable bonds is 3. The lowest BCUT2D eigenvalue weighted by Crippen LogP contribution is -2.56. The van der Waals surface area contributed by atoms with E-state index in [1.165, 1.54) is 9.80 Å². The predicted octanol–water partition coefficient (Wildman–Crippen LogP) is 2.37. The summed E-state index contributed by atoms with van der Waals surface area (Å²) >= 11 is 0. The van der Waals surface area contributed by atoms with Gasteiger partial charge in [0, 0.05) is 38.3 Å². The van der Waals surface area contributed by atoms with Crippen LogP contribution in [0.2, 0.25) is 0 Å². The van der Waals surface area contributed by atoms with Crippen LogP contribution in [0, 0.1) is 6.92 Å². The number of carbonyl (C=O) groups excluding carboxylic acids is 1. The minimum atomic E-state index is -4.23. The van der Waals surface area contributed by atoms with Crippen molar-refractivity contribution in [2.24, 2.45) is 0 Å². The lowest BCUT2D eigenvalue weighted by Gasteiger charge is -2.38. The summed E-state index contributed by atoms with van der Waals surface area (Å²) in [5.74, 6) is 0.740. The van der Waals surface area contributed by atoms with Crippen LogP contribution in [0.1, 0.15) is 18.2 Å². The summed E-state index contributed by atoms with van der Waals surface area (Å²) in [5.41, 5.74) is 0.887. The number of amides is 2. The molecule has 0 aromatic carbocycles. The third-order valence-corrected chi connectivity index (χ3v) is 4.02. The Bertz CT molecular complexity index is 508. The molecule has 1 aliphatic rings. The minimum absolute atomic E-state index is 0.221. The molecule has 1 N–H and O–H groups in total. The van der Waals surface area contributed by atoms with Crippen LogP contribution >= 0.6 is 0 Å². The molecule has 2 amide bonds. The quantitative estimate of drug-likeness (QED) is 0.930. The maximum Gasteiger partial charge on any atom is 0.403 e. The van der Waals surface area contributed by atoms with E-state index in [9.17, 15) is 18.0 Å². The van der Waals surface area contributed by atoms with E-state index in [0.29, 0.717) is 6.54 Å². The zero-order valence-corrected chi connectivity index (χ0v) is 12.6. The van der Waals surface area contributed by atoms with Gasteiger partial charge in [0.1, 0.15) is 11.8 Å². The number of furan rings is 1. The molecule has 2 heterocycles. The monoisotopic (exact) mass is 319 g/mol. The summed E-state index contributed by atoms with van der Waals surface area (Å²) in [6.45, 7) is 4.32. The molecule has 0 saturated carbocycles. The molecule has 5 nitrogen and oxygen atoms in total. The number of nitrogens with zero attached hydrogens (tertiary/aromatic N) is 2. The van der Waals surface area contributed by atoms with Crippen LogP contribution in [0.4, 0.5) is 18.0 Å². The zero-order valence-electron chi connectivity index (χ0n) is 12.6. The van der Waals surface area contributed by atoms with E-state index in [1.54, 1.807) is 19.3 Å². The van der Waals surface area contributed by atoms with Crippen LogP contribution in [0.15, 0.2) is 16.7 Å². The van der Waals surface area contributed by atoms with Gasteiger partial charge in [0.2, 0.25) is 0 Å². The normalized spacial score (nSPS) is 18.3. The number of aryl methyl sites for hydroxylation is 1. The Hall–Kier alpha value is -1.70. The third kappa shape index (κ3) is 3.94. The van der Waals surface area contributed by atoms with Gasteiger partial charge in [0.25, 0.3) is 0 Å². The molecule has 1 aliphatic heterocycles. The molecule has 1 fully saturated rings. The maximum atomic E-state index is 12.7. The average Bonchev–Trinajstić information content (AvgIpc) is 2.88. The van der Waals surface area contributed by atoms with Gasteiger partial charge in [0.05, 0.1) is 6.26 Å². The van der Waals surface area contributed by atoms with Gasteiger partial charge in [-0.3, -0.25) is 4.90 Å². The van der Waals surface area contributed by atoms with Crippen molar-refractivity contribution in [3.8, 4) is 0 Å². The number of urea groups is 1. The van der Waals surface area contributed by atoms with Crippen molar-refractivity contribution in [3.63, 3.8) is 0 Å². The first-order valence-corrected chi connectivity index (χ1v) is 7.15. The van der Waals surface area contributed by atoms with Crippen LogP contribution in [-0.4, -0.2) is 54.2 Å². The highest BCUT2D eigenvalue weighted by molar-refractivity contribution is 5.74. The second kappa shape index (κ2) is 6.60. The molecule has 0 radical (unpaired) electrons. The third-order valence-electron chi connectivity index (χ3n) is 4.02. The van der Waals surface area contributed by atoms with E-state index in [-0.39, 0.29) is 32.2 Å². The van der Waals surface area contributed by atoms with Crippen molar-refractivity contribution in [3.05, 3.63) is 23.7 Å². The van der Waals surface area contributed by atoms with E-state index >= 15 is 0 Å². The van der Waals surface area contributed by atoms with Crippen LogP contribution in [0.5, 0.6) is 0 Å². The predicted molar refractivity (Wildman–Crippen MR) is 74.3 cm³/mol. The highest BCUT2D eigenvalue weighted by atomic mass is 19.4. The largest absolute Gasteiger partial charge is 0.469 e. The van der Waals surface area contributed by atoms with Gasteiger partial charge in [-0.1, -0.05) is 0 Å². The molecule has 22 heavy (non-hydrogen) atoms. The minimum Gasteiger partial charge on any atom is -0.469 e. The summed E-state index contributed by atoms with van der Waals surface area (Å²) in [5, 5.41) is 2.76. The topological polar surface area (TPSA) is 48.7 Å². The van der Waals surface area contributed by atoms with Gasteiger partial charge in [-0.05, 0) is 19.9 Å². The molecular weight excluding hydrogens is 299 g/mol. The molecule has 0 bridgehead atoms. The van der Waals surface area contributed by atoms with Crippen molar-refractivity contribution in [2.45, 2.75) is 32.6 Å². The Morgan fingerprint density at radius 1 is 1.36 bits per heavy atom. The summed E-state index contributed by atoms with van der Waals surface area (Å²) in [6.07, 6.45) is -2.68. The van der Waals surface area contributed by atoms with Crippen molar-refractivity contribution in [2.75, 3.05) is 26.2 Å². The Balaban J connectivity index is 1.79. The fourth-order valence-corrected chi connectivity index (χ4v) is 2.40. The Morgan fingerprint density at radius 3 is 2.50 bits per heavy atom. The Kier molecular flexibility index (Phi) is 5.00. The second-order valence-electron chi connectivity index (χ2n) is 5.40. The van der Waals surface area contributed by atoms with Crippen LogP contribution in [-0.2, 0) is 6.54 Å². The molecule has 1 saturated heterocycles. The Morgan fingerprint density at radius 2 is 2.00 bits per heavy atom. The number of hydrogen-bond donors (Lipinski definition) is 1. The fraction of sp³-hybridized carbons (Fsp3) is 0.643. The van der Waals surface area contributed by atoms with E-state index < -0.39 is 12.2 Å². The van der Waals surface area contributed by atoms with Gasteiger partial charge >= 0.3 is 12.2 Å². The summed E-state index contributed by atoms with van der Waals surface area (Å²) in [4.78, 5) is 14.9. The number of nitrogens with one attached hydrogen (secondary N) is 1. The molecular formula is C14H20F3N3O2. The van der Waals surface area contributed by atoms with Gasteiger partial charge in [-0.2, -0.15) is 13.2 Å². The van der Waals surface area contributed by atoms with E-state index in [2.05, 4.69) is 5.32 Å². The van der Waals surface area contributed by atoms with Crippen LogP contribution in [0.3, 0.4) is 0 Å². The molecule has 0 spiro atoms. The lowest BCUT2D eigenvalue weighted by molar-refractivity contribution is -0.181. The number of alkyl halides is 3. The first kappa shape index (κ1) is 16.7. The molecule has 1 atom stereocenters. The summed E-state index contributed by atoms with van der Waals surface area (Å²) < 4.78 is 43.1. The van der Waals surface area contributed by atoms with Crippen molar-refractivity contribution in [1.29, 1.82) is 0 Å². The smallest absolute Gasteiger partial charge is 0.403 e. The SMILES string of the molecule is Cc1occc1CNC(=O)N1CCN([C@H](C)C(F)(F)F)CC1. The molecule has 0 aliphatic carbocycles. The fourth-order valence-electron chi connectivity index (χ4n) is 2.40. The highest BCUT2D eigenvalue weighted by Gasteiger charge is 2.41. The first-order valence-electron chi connectivity index (χ1n) is 7.15. The van der Waals surface area contributed by atoms with Crippen LogP contribution in [0.25, 0.3) is 0 Å². The van der Waals surface area contributed by atoms with Crippen molar-refractivity contribution in [1.82, 2.24) is 15.1 Å². The first-order chi connectivity index (χ1) is 10.3. The van der Waals surface area contributed by atoms with Gasteiger partial charge in [-0.25, -0.2) is 4.79 Å². The molecule has 8 heteroatoms. The molecule has 1 aromatic heterocycles. The number of halogens is 3. The van der Waals surface area contributed by atoms with E-state index in [4.69, 9.17) is 4.42 Å². The van der Waals surface area contributed by atoms with E-state index in [0.717, 1.165) is 18.2 Å². The molecule has 0 unspecified atom stereocenters. The number of carbonyl (C=O) groups is 1. The molecule has 1 aromatic rings. The standard InChI is InChI=1S/C14H20F3N3O2/c1-10-12(3-8-22-10)9-18-13(21)20-6-4-19(5-7-20)11(2)14(15,16)17/h3,8,11H,4-7,9H2,1-2H3,(H,18,21)/t11-/m1/s1. The molecule has 2 rings (SSSR count). The summed E-state index contributed by atoms with van der Waals surface area (Å²) in [7, 11) is 0. The van der Waals surface area contributed by atoms with Gasteiger partial charge in [-0.15, -0.1) is 0 Å². The number of piperazine rings is 1. The highest BCUT2D eigenvalue weighted by Crippen LogP contribution is 2.25. The van der Waals surface area contributed by atoms with E-state index in [1.807, 2.05) is 0 Å². The summed E-state index contributed by atoms with van der Waals surface area (Å²) in [6, 6.07) is 0.0321. The van der Waals surface area contributed by atoms with Crippen molar-refractivity contribution < 1.29 is 22.4 Å². The molecule has 124 valence electrons. The van der Waals surface area contributed by atoms with Gasteiger partial charge < -0.3 is 14.6 Å². The van der Waals surface area contributed by atoms with Crippen LogP contribution < -0.4 is 5.32 Å². The second-order valence-corrected chi connectivity index (χ2v) is 5.40. The maximum absolute atomic E-state index is 12.7. The zero-order chi connectivity index (χ0) is 16.3. The average molecular weight is 319 g/mol. The van der Waals surface area contributed by atoms with Gasteiger partial charge in [0.15, 0.2) is 0 Å².